The lowest BCUT2D eigenvalue weighted by atomic mass is 9.87. The maximum atomic E-state index is 6.28. The van der Waals surface area contributed by atoms with Crippen molar-refractivity contribution in [2.75, 3.05) is 0 Å². The normalized spacial score (nSPS) is 12.2. The molecule has 0 N–H and O–H groups in total. The minimum Gasteiger partial charge on any atom is -0.309 e. The third-order valence-electron chi connectivity index (χ3n) is 4.63. The van der Waals surface area contributed by atoms with Gasteiger partial charge < -0.3 is 4.57 Å². The van der Waals surface area contributed by atoms with Crippen molar-refractivity contribution in [3.05, 3.63) is 77.3 Å². The van der Waals surface area contributed by atoms with Gasteiger partial charge in [0.25, 0.3) is 0 Å². The number of halogens is 1. The molecule has 0 fully saturated rings. The summed E-state index contributed by atoms with van der Waals surface area (Å²) in [5.41, 5.74) is 5.01. The Bertz CT molecular complexity index is 1030. The van der Waals surface area contributed by atoms with Gasteiger partial charge >= 0.3 is 0 Å². The SMILES string of the molecule is CC(C)(C)c1ccc(-n2c3ccccc3c3ccc(Cl)cc32)cc1. The summed E-state index contributed by atoms with van der Waals surface area (Å²) in [6, 6.07) is 23.5. The first-order chi connectivity index (χ1) is 11.4. The molecule has 0 amide bonds. The molecule has 1 nitrogen and oxygen atoms in total. The molecule has 2 heteroatoms. The summed E-state index contributed by atoms with van der Waals surface area (Å²) in [6.45, 7) is 6.71. The van der Waals surface area contributed by atoms with Crippen molar-refractivity contribution in [1.29, 1.82) is 0 Å². The van der Waals surface area contributed by atoms with Gasteiger partial charge in [0, 0.05) is 21.5 Å². The predicted octanol–water partition coefficient (Wildman–Crippen LogP) is 6.73. The molecule has 3 aromatic carbocycles. The van der Waals surface area contributed by atoms with Gasteiger partial charge in [0.05, 0.1) is 11.0 Å². The quantitative estimate of drug-likeness (QED) is 0.363. The van der Waals surface area contributed by atoms with Crippen LogP contribution in [-0.2, 0) is 5.41 Å². The van der Waals surface area contributed by atoms with Gasteiger partial charge in [-0.3, -0.25) is 0 Å². The lowest BCUT2D eigenvalue weighted by molar-refractivity contribution is 0.590. The van der Waals surface area contributed by atoms with Gasteiger partial charge in [-0.15, -0.1) is 0 Å². The van der Waals surface area contributed by atoms with Crippen molar-refractivity contribution in [3.8, 4) is 5.69 Å². The fourth-order valence-electron chi connectivity index (χ4n) is 3.33. The van der Waals surface area contributed by atoms with Crippen molar-refractivity contribution < 1.29 is 0 Å². The Labute approximate surface area is 147 Å². The van der Waals surface area contributed by atoms with Gasteiger partial charge in [-0.2, -0.15) is 0 Å². The van der Waals surface area contributed by atoms with E-state index in [9.17, 15) is 0 Å². The van der Waals surface area contributed by atoms with E-state index in [4.69, 9.17) is 11.6 Å². The van der Waals surface area contributed by atoms with Crippen LogP contribution in [0.2, 0.25) is 5.02 Å². The van der Waals surface area contributed by atoms with Gasteiger partial charge in [-0.1, -0.05) is 68.8 Å². The highest BCUT2D eigenvalue weighted by atomic mass is 35.5. The first-order valence-electron chi connectivity index (χ1n) is 8.25. The number of fused-ring (bicyclic) bond motifs is 3. The van der Waals surface area contributed by atoms with Gasteiger partial charge in [0.2, 0.25) is 0 Å². The number of para-hydroxylation sites is 1. The number of aromatic nitrogens is 1. The van der Waals surface area contributed by atoms with E-state index >= 15 is 0 Å². The van der Waals surface area contributed by atoms with Crippen LogP contribution in [0.5, 0.6) is 0 Å². The molecule has 0 bridgehead atoms. The third kappa shape index (κ3) is 2.40. The Hall–Kier alpha value is -2.25. The van der Waals surface area contributed by atoms with Crippen molar-refractivity contribution in [3.63, 3.8) is 0 Å². The summed E-state index contributed by atoms with van der Waals surface area (Å²) in [7, 11) is 0. The first kappa shape index (κ1) is 15.3. The smallest absolute Gasteiger partial charge is 0.0555 e. The molecular weight excluding hydrogens is 314 g/mol. The molecule has 0 saturated heterocycles. The van der Waals surface area contributed by atoms with Crippen LogP contribution in [0, 0.1) is 0 Å². The van der Waals surface area contributed by atoms with Crippen LogP contribution in [0.15, 0.2) is 66.7 Å². The largest absolute Gasteiger partial charge is 0.309 e. The molecule has 120 valence electrons. The van der Waals surface area contributed by atoms with E-state index in [0.29, 0.717) is 0 Å². The van der Waals surface area contributed by atoms with Crippen LogP contribution in [0.25, 0.3) is 27.5 Å². The van der Waals surface area contributed by atoms with E-state index in [1.165, 1.54) is 21.9 Å². The summed E-state index contributed by atoms with van der Waals surface area (Å²) in [5, 5.41) is 3.25. The number of nitrogens with zero attached hydrogens (tertiary/aromatic N) is 1. The second kappa shape index (κ2) is 5.39. The van der Waals surface area contributed by atoms with E-state index in [2.05, 4.69) is 86.0 Å². The monoisotopic (exact) mass is 333 g/mol. The van der Waals surface area contributed by atoms with E-state index in [-0.39, 0.29) is 5.41 Å². The van der Waals surface area contributed by atoms with Crippen molar-refractivity contribution >= 4 is 33.4 Å². The lowest BCUT2D eigenvalue weighted by Gasteiger charge is -2.19. The summed E-state index contributed by atoms with van der Waals surface area (Å²) in [6.07, 6.45) is 0. The zero-order chi connectivity index (χ0) is 16.9. The van der Waals surface area contributed by atoms with Gasteiger partial charge in [0.15, 0.2) is 0 Å². The van der Waals surface area contributed by atoms with Gasteiger partial charge in [-0.05, 0) is 41.3 Å². The molecule has 0 aliphatic rings. The summed E-state index contributed by atoms with van der Waals surface area (Å²) >= 11 is 6.28. The van der Waals surface area contributed by atoms with Crippen molar-refractivity contribution in [2.45, 2.75) is 26.2 Å². The molecule has 0 aliphatic heterocycles. The van der Waals surface area contributed by atoms with E-state index in [0.717, 1.165) is 16.2 Å². The average Bonchev–Trinajstić information content (AvgIpc) is 2.87. The summed E-state index contributed by atoms with van der Waals surface area (Å²) in [4.78, 5) is 0. The molecule has 1 aromatic heterocycles. The van der Waals surface area contributed by atoms with Gasteiger partial charge in [-0.25, -0.2) is 0 Å². The van der Waals surface area contributed by atoms with Crippen LogP contribution >= 0.6 is 11.6 Å². The molecule has 24 heavy (non-hydrogen) atoms. The number of hydrogen-bond donors (Lipinski definition) is 0. The Kier molecular flexibility index (Phi) is 3.43. The number of rotatable bonds is 1. The van der Waals surface area contributed by atoms with Crippen LogP contribution in [0.1, 0.15) is 26.3 Å². The summed E-state index contributed by atoms with van der Waals surface area (Å²) in [5.74, 6) is 0. The van der Waals surface area contributed by atoms with E-state index < -0.39 is 0 Å². The minimum atomic E-state index is 0.155. The van der Waals surface area contributed by atoms with Gasteiger partial charge in [0.1, 0.15) is 0 Å². The Morgan fingerprint density at radius 1 is 0.750 bits per heavy atom. The molecule has 0 atom stereocenters. The topological polar surface area (TPSA) is 4.93 Å². The summed E-state index contributed by atoms with van der Waals surface area (Å²) < 4.78 is 2.29. The highest BCUT2D eigenvalue weighted by Crippen LogP contribution is 2.34. The number of benzene rings is 3. The maximum Gasteiger partial charge on any atom is 0.0555 e. The zero-order valence-electron chi connectivity index (χ0n) is 14.2. The third-order valence-corrected chi connectivity index (χ3v) is 4.86. The fourth-order valence-corrected chi connectivity index (χ4v) is 3.50. The minimum absolute atomic E-state index is 0.155. The van der Waals surface area contributed by atoms with Crippen molar-refractivity contribution in [2.24, 2.45) is 0 Å². The lowest BCUT2D eigenvalue weighted by Crippen LogP contribution is -2.10. The average molecular weight is 334 g/mol. The molecule has 4 aromatic rings. The Balaban J connectivity index is 2.02. The molecule has 1 heterocycles. The van der Waals surface area contributed by atoms with Crippen LogP contribution < -0.4 is 0 Å². The predicted molar refractivity (Wildman–Crippen MR) is 104 cm³/mol. The molecule has 0 aliphatic carbocycles. The molecule has 0 radical (unpaired) electrons. The first-order valence-corrected chi connectivity index (χ1v) is 8.62. The Morgan fingerprint density at radius 3 is 2.12 bits per heavy atom. The highest BCUT2D eigenvalue weighted by Gasteiger charge is 2.15. The number of hydrogen-bond acceptors (Lipinski definition) is 0. The van der Waals surface area contributed by atoms with Crippen LogP contribution in [0.3, 0.4) is 0 Å². The van der Waals surface area contributed by atoms with Crippen LogP contribution in [0.4, 0.5) is 0 Å². The molecule has 0 unspecified atom stereocenters. The zero-order valence-corrected chi connectivity index (χ0v) is 14.9. The van der Waals surface area contributed by atoms with Crippen molar-refractivity contribution in [1.82, 2.24) is 4.57 Å². The molecule has 0 spiro atoms. The standard InChI is InChI=1S/C22H20ClN/c1-22(2,3)15-8-11-17(12-9-15)24-20-7-5-4-6-18(20)19-13-10-16(23)14-21(19)24/h4-14H,1-3H3. The molecule has 4 rings (SSSR count). The van der Waals surface area contributed by atoms with E-state index in [1.54, 1.807) is 0 Å². The highest BCUT2D eigenvalue weighted by molar-refractivity contribution is 6.31. The second-order valence-corrected chi connectivity index (χ2v) is 7.75. The molecular formula is C22H20ClN. The second-order valence-electron chi connectivity index (χ2n) is 7.31. The molecule has 0 saturated carbocycles. The van der Waals surface area contributed by atoms with E-state index in [1.807, 2.05) is 6.07 Å². The fraction of sp³-hybridized carbons (Fsp3) is 0.182. The van der Waals surface area contributed by atoms with Crippen LogP contribution in [-0.4, -0.2) is 4.57 Å². The maximum absolute atomic E-state index is 6.28. The Morgan fingerprint density at radius 2 is 1.42 bits per heavy atom.